The molecule has 7 heteroatoms. The van der Waals surface area contributed by atoms with Crippen molar-refractivity contribution in [2.24, 2.45) is 0 Å². The number of hydrogen-bond donors (Lipinski definition) is 4. The van der Waals surface area contributed by atoms with Gasteiger partial charge in [0.25, 0.3) is 0 Å². The number of ether oxygens (including phenoxy) is 2. The highest BCUT2D eigenvalue weighted by Crippen LogP contribution is 2.28. The fourth-order valence-electron chi connectivity index (χ4n) is 6.40. The van der Waals surface area contributed by atoms with Crippen LogP contribution in [0.5, 0.6) is 0 Å². The van der Waals surface area contributed by atoms with E-state index in [9.17, 15) is 25.2 Å². The van der Waals surface area contributed by atoms with Gasteiger partial charge in [0.15, 0.2) is 0 Å². The van der Waals surface area contributed by atoms with Crippen LogP contribution in [0.1, 0.15) is 162 Å². The maximum Gasteiger partial charge on any atom is 0.334 e. The predicted octanol–water partition coefficient (Wildman–Crippen LogP) is 7.06. The van der Waals surface area contributed by atoms with Crippen LogP contribution < -0.4 is 0 Å². The molecule has 2 rings (SSSR count). The van der Waals surface area contributed by atoms with E-state index < -0.39 is 24.4 Å². The van der Waals surface area contributed by atoms with Gasteiger partial charge < -0.3 is 29.9 Å². The summed E-state index contributed by atoms with van der Waals surface area (Å²) in [5.41, 5.74) is 0.565. The third kappa shape index (κ3) is 16.2. The Morgan fingerprint density at radius 2 is 1.14 bits per heavy atom. The Labute approximate surface area is 256 Å². The first-order valence-corrected chi connectivity index (χ1v) is 17.6. The van der Waals surface area contributed by atoms with Crippen molar-refractivity contribution in [3.63, 3.8) is 0 Å². The molecule has 0 saturated carbocycles. The van der Waals surface area contributed by atoms with E-state index >= 15 is 0 Å². The predicted molar refractivity (Wildman–Crippen MR) is 168 cm³/mol. The number of esters is 1. The molecule has 0 aliphatic carbocycles. The minimum absolute atomic E-state index is 0.184. The molecule has 0 aromatic rings. The normalized spacial score (nSPS) is 23.5. The molecule has 0 aromatic heterocycles. The first-order valence-electron chi connectivity index (χ1n) is 17.6. The molecule has 7 nitrogen and oxygen atoms in total. The van der Waals surface area contributed by atoms with Gasteiger partial charge in [-0.2, -0.15) is 0 Å². The maximum atomic E-state index is 11.7. The van der Waals surface area contributed by atoms with Crippen LogP contribution in [0.2, 0.25) is 0 Å². The van der Waals surface area contributed by atoms with E-state index in [0.29, 0.717) is 37.7 Å². The summed E-state index contributed by atoms with van der Waals surface area (Å²) in [6.07, 6.45) is 22.3. The molecule has 7 atom stereocenters. The Balaban J connectivity index is 1.43. The van der Waals surface area contributed by atoms with Crippen LogP contribution >= 0.6 is 0 Å². The van der Waals surface area contributed by atoms with Crippen LogP contribution in [0, 0.1) is 0 Å². The van der Waals surface area contributed by atoms with Crippen LogP contribution in [0.4, 0.5) is 0 Å². The van der Waals surface area contributed by atoms with Gasteiger partial charge >= 0.3 is 5.97 Å². The van der Waals surface area contributed by atoms with Crippen molar-refractivity contribution in [2.45, 2.75) is 204 Å². The molecule has 42 heavy (non-hydrogen) atoms. The standard InChI is InChI=1S/C35H64O7/c1-3-4-5-6-7-8-9-10-11-12-13-17-20-31(38)33-23-24-34(42-33)32(39)22-21-29(36)18-15-14-16-19-30(37)26-28-25-27(2)41-35(28)40/h25,27,29-34,36-39H,3-24,26H2,1-2H3/t27-,29+,30+,31+,32+,33?,34?/m0/s1. The summed E-state index contributed by atoms with van der Waals surface area (Å²) in [6.45, 7) is 4.07. The van der Waals surface area contributed by atoms with Crippen LogP contribution in [0.15, 0.2) is 11.6 Å². The summed E-state index contributed by atoms with van der Waals surface area (Å²) in [6, 6.07) is 0. The van der Waals surface area contributed by atoms with Crippen LogP contribution in [0.3, 0.4) is 0 Å². The number of aliphatic hydroxyl groups is 4. The Bertz CT molecular complexity index is 726. The topological polar surface area (TPSA) is 116 Å². The minimum atomic E-state index is -0.613. The van der Waals surface area contributed by atoms with Crippen molar-refractivity contribution in [1.82, 2.24) is 0 Å². The summed E-state index contributed by atoms with van der Waals surface area (Å²) in [7, 11) is 0. The van der Waals surface area contributed by atoms with Gasteiger partial charge in [0, 0.05) is 12.0 Å². The van der Waals surface area contributed by atoms with E-state index in [1.165, 1.54) is 70.6 Å². The molecule has 0 radical (unpaired) electrons. The van der Waals surface area contributed by atoms with Gasteiger partial charge in [-0.3, -0.25) is 0 Å². The summed E-state index contributed by atoms with van der Waals surface area (Å²) in [4.78, 5) is 11.7. The number of carbonyl (C=O) groups is 1. The fourth-order valence-corrected chi connectivity index (χ4v) is 6.40. The van der Waals surface area contributed by atoms with Crippen molar-refractivity contribution < 1.29 is 34.7 Å². The third-order valence-electron chi connectivity index (χ3n) is 9.11. The van der Waals surface area contributed by atoms with Gasteiger partial charge in [0.1, 0.15) is 6.10 Å². The fraction of sp³-hybridized carbons (Fsp3) is 0.914. The SMILES string of the molecule is CCCCCCCCCCCCCC[C@@H](O)C1CCC([C@H](O)CC[C@H](O)CCCCC[C@@H](O)CC2=C[C@H](C)OC2=O)O1. The summed E-state index contributed by atoms with van der Waals surface area (Å²) >= 11 is 0. The second kappa shape index (κ2) is 22.5. The van der Waals surface area contributed by atoms with E-state index in [0.717, 1.165) is 44.9 Å². The van der Waals surface area contributed by atoms with E-state index in [2.05, 4.69) is 6.92 Å². The molecular weight excluding hydrogens is 532 g/mol. The molecule has 2 aliphatic rings. The average molecular weight is 597 g/mol. The minimum Gasteiger partial charge on any atom is -0.455 e. The molecule has 0 spiro atoms. The van der Waals surface area contributed by atoms with E-state index in [1.807, 2.05) is 6.92 Å². The van der Waals surface area contributed by atoms with Gasteiger partial charge in [-0.1, -0.05) is 103 Å². The number of rotatable bonds is 26. The lowest BCUT2D eigenvalue weighted by atomic mass is 9.98. The molecule has 2 heterocycles. The van der Waals surface area contributed by atoms with E-state index in [4.69, 9.17) is 9.47 Å². The third-order valence-corrected chi connectivity index (χ3v) is 9.11. The van der Waals surface area contributed by atoms with Gasteiger partial charge in [0.2, 0.25) is 0 Å². The lowest BCUT2D eigenvalue weighted by Gasteiger charge is -2.23. The Kier molecular flexibility index (Phi) is 19.9. The Hall–Kier alpha value is -0.990. The number of hydrogen-bond acceptors (Lipinski definition) is 7. The summed E-state index contributed by atoms with van der Waals surface area (Å²) < 4.78 is 11.1. The molecule has 1 saturated heterocycles. The van der Waals surface area contributed by atoms with Gasteiger partial charge in [-0.05, 0) is 57.9 Å². The van der Waals surface area contributed by atoms with Gasteiger partial charge in [-0.25, -0.2) is 4.79 Å². The molecule has 1 fully saturated rings. The molecule has 0 bridgehead atoms. The summed E-state index contributed by atoms with van der Waals surface area (Å²) in [5.74, 6) is -0.323. The first kappa shape index (κ1) is 37.2. The van der Waals surface area contributed by atoms with Crippen molar-refractivity contribution >= 4 is 5.97 Å². The zero-order valence-corrected chi connectivity index (χ0v) is 26.9. The largest absolute Gasteiger partial charge is 0.455 e. The average Bonchev–Trinajstić information content (AvgIpc) is 3.58. The quantitative estimate of drug-likeness (QED) is 0.0624. The van der Waals surface area contributed by atoms with Crippen LogP contribution in [-0.2, 0) is 14.3 Å². The lowest BCUT2D eigenvalue weighted by Crippen LogP contribution is -2.31. The first-order chi connectivity index (χ1) is 20.3. The highest BCUT2D eigenvalue weighted by atomic mass is 16.5. The van der Waals surface area contributed by atoms with Crippen LogP contribution in [-0.4, -0.2) is 69.1 Å². The Morgan fingerprint density at radius 1 is 0.667 bits per heavy atom. The number of unbranched alkanes of at least 4 members (excludes halogenated alkanes) is 13. The smallest absolute Gasteiger partial charge is 0.334 e. The van der Waals surface area contributed by atoms with Crippen molar-refractivity contribution in [2.75, 3.05) is 0 Å². The van der Waals surface area contributed by atoms with Crippen molar-refractivity contribution in [1.29, 1.82) is 0 Å². The molecule has 0 aromatic carbocycles. The molecular formula is C35H64O7. The number of cyclic esters (lactones) is 1. The van der Waals surface area contributed by atoms with Crippen LogP contribution in [0.25, 0.3) is 0 Å². The maximum absolute atomic E-state index is 11.7. The zero-order valence-electron chi connectivity index (χ0n) is 26.9. The number of carbonyl (C=O) groups excluding carboxylic acids is 1. The Morgan fingerprint density at radius 3 is 1.69 bits per heavy atom. The molecule has 2 aliphatic heterocycles. The van der Waals surface area contributed by atoms with Crippen molar-refractivity contribution in [3.8, 4) is 0 Å². The molecule has 2 unspecified atom stereocenters. The van der Waals surface area contributed by atoms with Crippen molar-refractivity contribution in [3.05, 3.63) is 11.6 Å². The molecule has 0 amide bonds. The monoisotopic (exact) mass is 596 g/mol. The molecule has 4 N–H and O–H groups in total. The second-order valence-corrected chi connectivity index (χ2v) is 13.1. The lowest BCUT2D eigenvalue weighted by molar-refractivity contribution is -0.139. The highest BCUT2D eigenvalue weighted by molar-refractivity contribution is 5.90. The van der Waals surface area contributed by atoms with E-state index in [1.54, 1.807) is 6.08 Å². The second-order valence-electron chi connectivity index (χ2n) is 13.1. The van der Waals surface area contributed by atoms with Gasteiger partial charge in [-0.15, -0.1) is 0 Å². The highest BCUT2D eigenvalue weighted by Gasteiger charge is 2.34. The zero-order chi connectivity index (χ0) is 30.6. The number of aliphatic hydroxyl groups excluding tert-OH is 4. The molecule has 246 valence electrons. The summed E-state index contributed by atoms with van der Waals surface area (Å²) in [5, 5.41) is 41.8. The van der Waals surface area contributed by atoms with E-state index in [-0.39, 0.29) is 24.3 Å². The van der Waals surface area contributed by atoms with Gasteiger partial charge in [0.05, 0.1) is 36.6 Å².